The van der Waals surface area contributed by atoms with Crippen molar-refractivity contribution in [2.24, 2.45) is 0 Å². The van der Waals surface area contributed by atoms with Gasteiger partial charge in [0, 0.05) is 6.42 Å². The van der Waals surface area contributed by atoms with Gasteiger partial charge in [-0.2, -0.15) is 0 Å². The van der Waals surface area contributed by atoms with Gasteiger partial charge >= 0.3 is 12.1 Å². The molecule has 0 atom stereocenters. The molecule has 0 aromatic carbocycles. The number of rotatable bonds is 0. The average Bonchev–Trinajstić information content (AvgIpc) is 2.11. The highest BCUT2D eigenvalue weighted by Crippen LogP contribution is 2.08. The number of ether oxygens (including phenoxy) is 2. The van der Waals surface area contributed by atoms with Gasteiger partial charge in [0.05, 0.1) is 6.61 Å². The van der Waals surface area contributed by atoms with Crippen molar-refractivity contribution < 1.29 is 19.1 Å². The van der Waals surface area contributed by atoms with Gasteiger partial charge in [0.15, 0.2) is 0 Å². The maximum Gasteiger partial charge on any atom is 0.516 e. The maximum atomic E-state index is 10.9. The lowest BCUT2D eigenvalue weighted by Gasteiger charge is -2.01. The summed E-state index contributed by atoms with van der Waals surface area (Å²) in [6, 6.07) is 0. The second kappa shape index (κ2) is 5.56. The van der Waals surface area contributed by atoms with Gasteiger partial charge in [0.2, 0.25) is 0 Å². The number of hydrogen-bond acceptors (Lipinski definition) is 4. The minimum absolute atomic E-state index is 0.315. The Bertz CT molecular complexity index is 168. The summed E-state index contributed by atoms with van der Waals surface area (Å²) in [5, 5.41) is 0. The fraction of sp³-hybridized carbons (Fsp3) is 0.778. The summed E-state index contributed by atoms with van der Waals surface area (Å²) in [5.74, 6) is -0.480. The molecule has 0 bridgehead atoms. The number of cyclic esters (lactones) is 3. The number of carbonyl (C=O) groups excluding carboxylic acids is 2. The fourth-order valence-corrected chi connectivity index (χ4v) is 1.23. The van der Waals surface area contributed by atoms with E-state index < -0.39 is 12.1 Å². The van der Waals surface area contributed by atoms with Crippen LogP contribution in [-0.4, -0.2) is 18.7 Å². The number of carbonyl (C=O) groups is 2. The van der Waals surface area contributed by atoms with Crippen molar-refractivity contribution in [2.75, 3.05) is 6.61 Å². The quantitative estimate of drug-likeness (QED) is 0.429. The Hall–Kier alpha value is -1.06. The number of esters is 1. The van der Waals surface area contributed by atoms with Crippen LogP contribution in [0.2, 0.25) is 0 Å². The van der Waals surface area contributed by atoms with Crippen LogP contribution < -0.4 is 0 Å². The highest BCUT2D eigenvalue weighted by molar-refractivity contribution is 5.81. The Kier molecular flexibility index (Phi) is 4.29. The Morgan fingerprint density at radius 1 is 0.923 bits per heavy atom. The summed E-state index contributed by atoms with van der Waals surface area (Å²) < 4.78 is 9.04. The van der Waals surface area contributed by atoms with Gasteiger partial charge in [0.1, 0.15) is 0 Å². The molecule has 4 nitrogen and oxygen atoms in total. The van der Waals surface area contributed by atoms with Crippen LogP contribution in [0.3, 0.4) is 0 Å². The Balaban J connectivity index is 2.34. The molecule has 1 rings (SSSR count). The van der Waals surface area contributed by atoms with Crippen LogP contribution in [-0.2, 0) is 14.3 Å². The molecule has 74 valence electrons. The van der Waals surface area contributed by atoms with Gasteiger partial charge in [-0.1, -0.05) is 19.3 Å². The lowest BCUT2D eigenvalue weighted by molar-refractivity contribution is -0.139. The Morgan fingerprint density at radius 2 is 1.62 bits per heavy atom. The molecule has 1 fully saturated rings. The molecule has 0 aromatic heterocycles. The highest BCUT2D eigenvalue weighted by Gasteiger charge is 2.11. The molecule has 0 unspecified atom stereocenters. The summed E-state index contributed by atoms with van der Waals surface area (Å²) in [5.41, 5.74) is 0. The zero-order valence-electron chi connectivity index (χ0n) is 7.58. The van der Waals surface area contributed by atoms with Crippen LogP contribution in [0.5, 0.6) is 0 Å². The van der Waals surface area contributed by atoms with Gasteiger partial charge in [-0.05, 0) is 12.8 Å². The largest absolute Gasteiger partial charge is 0.516 e. The second-order valence-electron chi connectivity index (χ2n) is 3.09. The monoisotopic (exact) mass is 186 g/mol. The molecule has 1 heterocycles. The van der Waals surface area contributed by atoms with Gasteiger partial charge in [-0.15, -0.1) is 0 Å². The SMILES string of the molecule is O=C1CCCCCCCOC(=O)O1. The van der Waals surface area contributed by atoms with Crippen LogP contribution in [0.1, 0.15) is 38.5 Å². The molecule has 0 aromatic rings. The van der Waals surface area contributed by atoms with E-state index in [0.717, 1.165) is 32.1 Å². The molecule has 4 heteroatoms. The minimum Gasteiger partial charge on any atom is -0.434 e. The lowest BCUT2D eigenvalue weighted by Crippen LogP contribution is -2.13. The summed E-state index contributed by atoms with van der Waals surface area (Å²) >= 11 is 0. The maximum absolute atomic E-state index is 10.9. The van der Waals surface area contributed by atoms with E-state index >= 15 is 0 Å². The van der Waals surface area contributed by atoms with Crippen LogP contribution in [0, 0.1) is 0 Å². The third-order valence-corrected chi connectivity index (χ3v) is 1.94. The van der Waals surface area contributed by atoms with Crippen molar-refractivity contribution in [1.82, 2.24) is 0 Å². The van der Waals surface area contributed by atoms with Crippen LogP contribution in [0.15, 0.2) is 0 Å². The Labute approximate surface area is 77.2 Å². The molecule has 0 radical (unpaired) electrons. The predicted octanol–water partition coefficient (Wildman–Crippen LogP) is 2.02. The minimum atomic E-state index is -0.855. The molecule has 1 aliphatic rings. The van der Waals surface area contributed by atoms with E-state index in [-0.39, 0.29) is 0 Å². The molecule has 0 aliphatic carbocycles. The zero-order valence-corrected chi connectivity index (χ0v) is 7.58. The molecule has 0 spiro atoms. The van der Waals surface area contributed by atoms with Crippen LogP contribution >= 0.6 is 0 Å². The van der Waals surface area contributed by atoms with E-state index in [1.807, 2.05) is 0 Å². The summed E-state index contributed by atoms with van der Waals surface area (Å²) in [6.07, 6.45) is 4.26. The smallest absolute Gasteiger partial charge is 0.434 e. The highest BCUT2D eigenvalue weighted by atomic mass is 16.7. The third-order valence-electron chi connectivity index (χ3n) is 1.94. The van der Waals surface area contributed by atoms with E-state index in [0.29, 0.717) is 13.0 Å². The van der Waals surface area contributed by atoms with Crippen molar-refractivity contribution in [2.45, 2.75) is 38.5 Å². The van der Waals surface area contributed by atoms with Crippen molar-refractivity contribution >= 4 is 12.1 Å². The van der Waals surface area contributed by atoms with Crippen molar-refractivity contribution in [3.8, 4) is 0 Å². The topological polar surface area (TPSA) is 52.6 Å². The van der Waals surface area contributed by atoms with Crippen molar-refractivity contribution in [3.63, 3.8) is 0 Å². The molecule has 13 heavy (non-hydrogen) atoms. The van der Waals surface area contributed by atoms with Crippen LogP contribution in [0.25, 0.3) is 0 Å². The second-order valence-corrected chi connectivity index (χ2v) is 3.09. The summed E-state index contributed by atoms with van der Waals surface area (Å²) in [7, 11) is 0. The van der Waals surface area contributed by atoms with Crippen molar-refractivity contribution in [3.05, 3.63) is 0 Å². The molecular formula is C9H14O4. The molecular weight excluding hydrogens is 172 g/mol. The Morgan fingerprint density at radius 3 is 2.46 bits per heavy atom. The first-order chi connectivity index (χ1) is 6.29. The first-order valence-corrected chi connectivity index (χ1v) is 4.66. The van der Waals surface area contributed by atoms with Crippen molar-refractivity contribution in [1.29, 1.82) is 0 Å². The van der Waals surface area contributed by atoms with Gasteiger partial charge in [0.25, 0.3) is 0 Å². The summed E-state index contributed by atoms with van der Waals surface area (Å²) in [4.78, 5) is 21.7. The average molecular weight is 186 g/mol. The molecule has 0 N–H and O–H groups in total. The molecule has 0 amide bonds. The molecule has 1 aliphatic heterocycles. The van der Waals surface area contributed by atoms with Gasteiger partial charge < -0.3 is 9.47 Å². The van der Waals surface area contributed by atoms with Gasteiger partial charge in [-0.3, -0.25) is 4.79 Å². The zero-order chi connectivity index (χ0) is 9.52. The standard InChI is InChI=1S/C9H14O4/c10-8-6-4-2-1-3-5-7-12-9(11)13-8/h1-7H2. The first kappa shape index (κ1) is 10.0. The van der Waals surface area contributed by atoms with E-state index in [1.54, 1.807) is 0 Å². The van der Waals surface area contributed by atoms with E-state index in [9.17, 15) is 9.59 Å². The summed E-state index contributed by atoms with van der Waals surface area (Å²) in [6.45, 7) is 0.353. The van der Waals surface area contributed by atoms with Gasteiger partial charge in [-0.25, -0.2) is 4.79 Å². The molecule has 1 saturated heterocycles. The normalized spacial score (nSPS) is 21.2. The van der Waals surface area contributed by atoms with Crippen LogP contribution in [0.4, 0.5) is 4.79 Å². The van der Waals surface area contributed by atoms with E-state index in [2.05, 4.69) is 9.47 Å². The fourth-order valence-electron chi connectivity index (χ4n) is 1.23. The lowest BCUT2D eigenvalue weighted by atomic mass is 10.1. The third kappa shape index (κ3) is 4.50. The number of hydrogen-bond donors (Lipinski definition) is 0. The van der Waals surface area contributed by atoms with E-state index in [1.165, 1.54) is 0 Å². The molecule has 0 saturated carbocycles. The van der Waals surface area contributed by atoms with E-state index in [4.69, 9.17) is 0 Å². The predicted molar refractivity (Wildman–Crippen MR) is 45.1 cm³/mol. The first-order valence-electron chi connectivity index (χ1n) is 4.66.